The van der Waals surface area contributed by atoms with E-state index < -0.39 is 6.04 Å². The van der Waals surface area contributed by atoms with E-state index >= 15 is 0 Å². The van der Waals surface area contributed by atoms with Gasteiger partial charge in [0.25, 0.3) is 5.91 Å². The highest BCUT2D eigenvalue weighted by Crippen LogP contribution is 2.20. The smallest absolute Gasteiger partial charge is 0.252 e. The van der Waals surface area contributed by atoms with Crippen molar-refractivity contribution in [2.24, 2.45) is 0 Å². The zero-order valence-electron chi connectivity index (χ0n) is 11.1. The van der Waals surface area contributed by atoms with Gasteiger partial charge >= 0.3 is 0 Å². The maximum absolute atomic E-state index is 12.3. The standard InChI is InChI=1S/C16H16BrNO2/c1-11-7-8-13(14(17)9-11)16(20)18-15(10-19)12-5-3-2-4-6-12/h2-9,15,19H,10H2,1H3,(H,18,20). The molecule has 0 saturated carbocycles. The van der Waals surface area contributed by atoms with E-state index in [9.17, 15) is 9.90 Å². The molecule has 0 saturated heterocycles. The summed E-state index contributed by atoms with van der Waals surface area (Å²) in [6.45, 7) is 1.83. The number of amides is 1. The lowest BCUT2D eigenvalue weighted by atomic mass is 10.1. The van der Waals surface area contributed by atoms with E-state index in [0.717, 1.165) is 15.6 Å². The van der Waals surface area contributed by atoms with Gasteiger partial charge in [-0.15, -0.1) is 0 Å². The molecular formula is C16H16BrNO2. The Hall–Kier alpha value is -1.65. The van der Waals surface area contributed by atoms with Crippen molar-refractivity contribution in [3.63, 3.8) is 0 Å². The predicted molar refractivity (Wildman–Crippen MR) is 82.6 cm³/mol. The second-order valence-corrected chi connectivity index (χ2v) is 5.46. The number of aryl methyl sites for hydroxylation is 1. The number of hydrogen-bond donors (Lipinski definition) is 2. The van der Waals surface area contributed by atoms with Crippen LogP contribution in [-0.2, 0) is 0 Å². The number of aliphatic hydroxyl groups is 1. The highest BCUT2D eigenvalue weighted by molar-refractivity contribution is 9.10. The molecule has 3 nitrogen and oxygen atoms in total. The minimum absolute atomic E-state index is 0.140. The average molecular weight is 334 g/mol. The van der Waals surface area contributed by atoms with Crippen LogP contribution in [0.1, 0.15) is 27.5 Å². The Balaban J connectivity index is 2.17. The molecule has 1 atom stereocenters. The largest absolute Gasteiger partial charge is 0.394 e. The van der Waals surface area contributed by atoms with Gasteiger partial charge in [-0.25, -0.2) is 0 Å². The molecule has 0 fully saturated rings. The number of benzene rings is 2. The summed E-state index contributed by atoms with van der Waals surface area (Å²) in [5.41, 5.74) is 2.52. The van der Waals surface area contributed by atoms with E-state index in [2.05, 4.69) is 21.2 Å². The molecule has 104 valence electrons. The Morgan fingerprint density at radius 2 is 1.95 bits per heavy atom. The van der Waals surface area contributed by atoms with Crippen molar-refractivity contribution in [3.05, 3.63) is 69.7 Å². The number of hydrogen-bond acceptors (Lipinski definition) is 2. The monoisotopic (exact) mass is 333 g/mol. The maximum Gasteiger partial charge on any atom is 0.252 e. The van der Waals surface area contributed by atoms with Crippen LogP contribution in [0.15, 0.2) is 53.0 Å². The summed E-state index contributed by atoms with van der Waals surface area (Å²) in [5, 5.41) is 12.3. The molecule has 0 aliphatic rings. The lowest BCUT2D eigenvalue weighted by molar-refractivity contribution is 0.0915. The molecule has 0 aliphatic carbocycles. The lowest BCUT2D eigenvalue weighted by Gasteiger charge is -2.17. The number of carbonyl (C=O) groups excluding carboxylic acids is 1. The van der Waals surface area contributed by atoms with Crippen molar-refractivity contribution in [1.82, 2.24) is 5.32 Å². The third kappa shape index (κ3) is 3.46. The van der Waals surface area contributed by atoms with Gasteiger partial charge in [-0.3, -0.25) is 4.79 Å². The van der Waals surface area contributed by atoms with Crippen molar-refractivity contribution >= 4 is 21.8 Å². The third-order valence-corrected chi connectivity index (χ3v) is 3.72. The number of aliphatic hydroxyl groups excluding tert-OH is 1. The van der Waals surface area contributed by atoms with Gasteiger partial charge in [-0.1, -0.05) is 36.4 Å². The summed E-state index contributed by atoms with van der Waals surface area (Å²) in [6.07, 6.45) is 0. The quantitative estimate of drug-likeness (QED) is 0.902. The normalized spacial score (nSPS) is 11.9. The van der Waals surface area contributed by atoms with Crippen molar-refractivity contribution in [1.29, 1.82) is 0 Å². The molecular weight excluding hydrogens is 318 g/mol. The molecule has 2 aromatic carbocycles. The summed E-state index contributed by atoms with van der Waals surface area (Å²) < 4.78 is 0.750. The molecule has 1 amide bonds. The first-order valence-electron chi connectivity index (χ1n) is 6.34. The summed E-state index contributed by atoms with van der Waals surface area (Å²) in [5.74, 6) is -0.209. The van der Waals surface area contributed by atoms with Crippen LogP contribution < -0.4 is 5.32 Å². The number of nitrogens with one attached hydrogen (secondary N) is 1. The highest BCUT2D eigenvalue weighted by atomic mass is 79.9. The topological polar surface area (TPSA) is 49.3 Å². The molecule has 0 aliphatic heterocycles. The minimum atomic E-state index is -0.406. The van der Waals surface area contributed by atoms with Crippen LogP contribution in [0.3, 0.4) is 0 Å². The molecule has 1 unspecified atom stereocenters. The van der Waals surface area contributed by atoms with Gasteiger partial charge in [0.05, 0.1) is 18.2 Å². The van der Waals surface area contributed by atoms with Crippen LogP contribution >= 0.6 is 15.9 Å². The van der Waals surface area contributed by atoms with Crippen LogP contribution in [0.25, 0.3) is 0 Å². The predicted octanol–water partition coefficient (Wildman–Crippen LogP) is 3.22. The Labute approximate surface area is 126 Å². The van der Waals surface area contributed by atoms with E-state index in [4.69, 9.17) is 0 Å². The van der Waals surface area contributed by atoms with Crippen LogP contribution in [0.2, 0.25) is 0 Å². The molecule has 2 N–H and O–H groups in total. The molecule has 0 aromatic heterocycles. The van der Waals surface area contributed by atoms with Crippen molar-refractivity contribution in [2.45, 2.75) is 13.0 Å². The molecule has 20 heavy (non-hydrogen) atoms. The van der Waals surface area contributed by atoms with Gasteiger partial charge in [-0.05, 0) is 46.1 Å². The van der Waals surface area contributed by atoms with E-state index in [0.29, 0.717) is 5.56 Å². The lowest BCUT2D eigenvalue weighted by Crippen LogP contribution is -2.31. The highest BCUT2D eigenvalue weighted by Gasteiger charge is 2.16. The first-order chi connectivity index (χ1) is 9.61. The molecule has 0 radical (unpaired) electrons. The van der Waals surface area contributed by atoms with Crippen molar-refractivity contribution in [2.75, 3.05) is 6.61 Å². The van der Waals surface area contributed by atoms with E-state index in [1.165, 1.54) is 0 Å². The van der Waals surface area contributed by atoms with Gasteiger partial charge in [-0.2, -0.15) is 0 Å². The van der Waals surface area contributed by atoms with Crippen molar-refractivity contribution in [3.8, 4) is 0 Å². The van der Waals surface area contributed by atoms with Gasteiger partial charge in [0.1, 0.15) is 0 Å². The second kappa shape index (κ2) is 6.68. The Kier molecular flexibility index (Phi) is 4.93. The minimum Gasteiger partial charge on any atom is -0.394 e. The fourth-order valence-electron chi connectivity index (χ4n) is 1.96. The molecule has 0 heterocycles. The summed E-state index contributed by atoms with van der Waals surface area (Å²) in [7, 11) is 0. The molecule has 2 aromatic rings. The van der Waals surface area contributed by atoms with Gasteiger partial charge in [0, 0.05) is 4.47 Å². The molecule has 4 heteroatoms. The second-order valence-electron chi connectivity index (χ2n) is 4.60. The fourth-order valence-corrected chi connectivity index (χ4v) is 2.63. The Bertz CT molecular complexity index is 599. The van der Waals surface area contributed by atoms with E-state index in [-0.39, 0.29) is 12.5 Å². The van der Waals surface area contributed by atoms with Crippen molar-refractivity contribution < 1.29 is 9.90 Å². The van der Waals surface area contributed by atoms with Gasteiger partial charge in [0.15, 0.2) is 0 Å². The zero-order valence-corrected chi connectivity index (χ0v) is 12.7. The Morgan fingerprint density at radius 1 is 1.25 bits per heavy atom. The number of rotatable bonds is 4. The van der Waals surface area contributed by atoms with Crippen LogP contribution in [0, 0.1) is 6.92 Å². The van der Waals surface area contributed by atoms with Crippen LogP contribution in [-0.4, -0.2) is 17.6 Å². The van der Waals surface area contributed by atoms with Gasteiger partial charge in [0.2, 0.25) is 0 Å². The van der Waals surface area contributed by atoms with Crippen LogP contribution in [0.4, 0.5) is 0 Å². The third-order valence-electron chi connectivity index (χ3n) is 3.06. The first kappa shape index (κ1) is 14.8. The first-order valence-corrected chi connectivity index (χ1v) is 7.14. The molecule has 0 bridgehead atoms. The summed E-state index contributed by atoms with van der Waals surface area (Å²) >= 11 is 3.39. The Morgan fingerprint density at radius 3 is 2.55 bits per heavy atom. The number of carbonyl (C=O) groups is 1. The maximum atomic E-state index is 12.3. The van der Waals surface area contributed by atoms with E-state index in [1.807, 2.05) is 49.4 Å². The average Bonchev–Trinajstić information content (AvgIpc) is 2.45. The summed E-state index contributed by atoms with van der Waals surface area (Å²) in [6, 6.07) is 14.6. The van der Waals surface area contributed by atoms with Gasteiger partial charge < -0.3 is 10.4 Å². The van der Waals surface area contributed by atoms with E-state index in [1.54, 1.807) is 6.07 Å². The molecule has 0 spiro atoms. The number of halogens is 1. The fraction of sp³-hybridized carbons (Fsp3) is 0.188. The van der Waals surface area contributed by atoms with Crippen LogP contribution in [0.5, 0.6) is 0 Å². The SMILES string of the molecule is Cc1ccc(C(=O)NC(CO)c2ccccc2)c(Br)c1. The molecule has 2 rings (SSSR count). The summed E-state index contributed by atoms with van der Waals surface area (Å²) in [4.78, 5) is 12.3. The zero-order chi connectivity index (χ0) is 14.5.